The second-order valence-corrected chi connectivity index (χ2v) is 5.53. The first-order chi connectivity index (χ1) is 8.72. The normalized spacial score (nSPS) is 18.8. The number of hydrogen-bond donors (Lipinski definition) is 1. The molecule has 0 aromatic heterocycles. The Balaban J connectivity index is 2.22. The van der Waals surface area contributed by atoms with Crippen molar-refractivity contribution in [1.82, 2.24) is 10.2 Å². The lowest BCUT2D eigenvalue weighted by Crippen LogP contribution is -2.45. The van der Waals surface area contributed by atoms with Gasteiger partial charge in [-0.1, -0.05) is 31.0 Å². The van der Waals surface area contributed by atoms with Crippen LogP contribution in [0.4, 0.5) is 0 Å². The molecule has 0 radical (unpaired) electrons. The molecule has 0 unspecified atom stereocenters. The van der Waals surface area contributed by atoms with Gasteiger partial charge >= 0.3 is 0 Å². The highest BCUT2D eigenvalue weighted by Gasteiger charge is 2.22. The summed E-state index contributed by atoms with van der Waals surface area (Å²) in [6.45, 7) is 8.94. The van der Waals surface area contributed by atoms with E-state index in [1.165, 1.54) is 24.0 Å². The molecule has 1 saturated heterocycles. The van der Waals surface area contributed by atoms with E-state index in [4.69, 9.17) is 11.6 Å². The summed E-state index contributed by atoms with van der Waals surface area (Å²) in [6, 6.07) is 6.87. The summed E-state index contributed by atoms with van der Waals surface area (Å²) in [4.78, 5) is 2.61. The summed E-state index contributed by atoms with van der Waals surface area (Å²) in [5.41, 5.74) is 2.77. The number of halogens is 1. The number of rotatable bonds is 4. The van der Waals surface area contributed by atoms with Gasteiger partial charge in [-0.15, -0.1) is 0 Å². The zero-order valence-electron chi connectivity index (χ0n) is 11.4. The number of piperazine rings is 1. The van der Waals surface area contributed by atoms with Crippen LogP contribution >= 0.6 is 11.6 Å². The highest BCUT2D eigenvalue weighted by atomic mass is 35.5. The Morgan fingerprint density at radius 2 is 2.06 bits per heavy atom. The molecular weight excluding hydrogens is 244 g/mol. The first-order valence-corrected chi connectivity index (χ1v) is 7.31. The molecule has 0 spiro atoms. The lowest BCUT2D eigenvalue weighted by Gasteiger charge is -2.36. The first kappa shape index (κ1) is 13.9. The number of nitrogens with one attached hydrogen (secondary N) is 1. The molecule has 2 nitrogen and oxygen atoms in total. The Morgan fingerprint density at radius 3 is 2.67 bits per heavy atom. The van der Waals surface area contributed by atoms with Crippen molar-refractivity contribution >= 4 is 11.6 Å². The van der Waals surface area contributed by atoms with Crippen LogP contribution < -0.4 is 5.32 Å². The predicted octanol–water partition coefficient (Wildman–Crippen LogP) is 3.39. The van der Waals surface area contributed by atoms with Crippen molar-refractivity contribution in [3.8, 4) is 0 Å². The molecule has 18 heavy (non-hydrogen) atoms. The highest BCUT2D eigenvalue weighted by molar-refractivity contribution is 6.30. The van der Waals surface area contributed by atoms with Crippen LogP contribution in [0.2, 0.25) is 5.02 Å². The minimum atomic E-state index is 0.550. The quantitative estimate of drug-likeness (QED) is 0.899. The van der Waals surface area contributed by atoms with E-state index in [1.54, 1.807) is 0 Å². The molecule has 1 fully saturated rings. The van der Waals surface area contributed by atoms with E-state index in [0.717, 1.165) is 31.2 Å². The molecule has 0 amide bonds. The van der Waals surface area contributed by atoms with Gasteiger partial charge in [0.25, 0.3) is 0 Å². The standard InChI is InChI=1S/C15H23ClN2/c1-3-4-15(18-9-7-17-8-10-18)14-6-5-13(16)11-12(14)2/h5-6,11,15,17H,3-4,7-10H2,1-2H3/t15-/m1/s1. The molecule has 100 valence electrons. The van der Waals surface area contributed by atoms with Gasteiger partial charge < -0.3 is 5.32 Å². The van der Waals surface area contributed by atoms with Gasteiger partial charge in [0, 0.05) is 37.2 Å². The van der Waals surface area contributed by atoms with Crippen LogP contribution in [0.25, 0.3) is 0 Å². The first-order valence-electron chi connectivity index (χ1n) is 6.93. The molecule has 1 N–H and O–H groups in total. The van der Waals surface area contributed by atoms with Crippen LogP contribution in [0.3, 0.4) is 0 Å². The summed E-state index contributed by atoms with van der Waals surface area (Å²) < 4.78 is 0. The van der Waals surface area contributed by atoms with Crippen molar-refractivity contribution < 1.29 is 0 Å². The summed E-state index contributed by atoms with van der Waals surface area (Å²) in [7, 11) is 0. The van der Waals surface area contributed by atoms with E-state index in [0.29, 0.717) is 6.04 Å². The maximum absolute atomic E-state index is 6.06. The molecule has 1 aromatic carbocycles. The van der Waals surface area contributed by atoms with E-state index >= 15 is 0 Å². The number of hydrogen-bond acceptors (Lipinski definition) is 2. The van der Waals surface area contributed by atoms with Crippen molar-refractivity contribution in [3.63, 3.8) is 0 Å². The van der Waals surface area contributed by atoms with Gasteiger partial charge in [0.15, 0.2) is 0 Å². The zero-order valence-corrected chi connectivity index (χ0v) is 12.1. The van der Waals surface area contributed by atoms with E-state index in [9.17, 15) is 0 Å². The fourth-order valence-corrected chi connectivity index (χ4v) is 3.04. The molecule has 0 aliphatic carbocycles. The lowest BCUT2D eigenvalue weighted by molar-refractivity contribution is 0.164. The van der Waals surface area contributed by atoms with Crippen LogP contribution in [0.1, 0.15) is 36.9 Å². The van der Waals surface area contributed by atoms with Crippen LogP contribution in [0.15, 0.2) is 18.2 Å². The lowest BCUT2D eigenvalue weighted by atomic mass is 9.96. The average Bonchev–Trinajstić information content (AvgIpc) is 2.38. The molecule has 1 heterocycles. The van der Waals surface area contributed by atoms with E-state index in [-0.39, 0.29) is 0 Å². The van der Waals surface area contributed by atoms with Gasteiger partial charge in [-0.2, -0.15) is 0 Å². The van der Waals surface area contributed by atoms with Gasteiger partial charge in [-0.3, -0.25) is 4.90 Å². The second-order valence-electron chi connectivity index (χ2n) is 5.09. The van der Waals surface area contributed by atoms with Crippen LogP contribution in [-0.4, -0.2) is 31.1 Å². The van der Waals surface area contributed by atoms with Crippen molar-refractivity contribution in [2.24, 2.45) is 0 Å². The highest BCUT2D eigenvalue weighted by Crippen LogP contribution is 2.29. The van der Waals surface area contributed by atoms with Crippen LogP contribution in [0.5, 0.6) is 0 Å². The molecule has 1 aromatic rings. The minimum Gasteiger partial charge on any atom is -0.314 e. The summed E-state index contributed by atoms with van der Waals surface area (Å²) in [5.74, 6) is 0. The summed E-state index contributed by atoms with van der Waals surface area (Å²) in [6.07, 6.45) is 2.44. The van der Waals surface area contributed by atoms with Gasteiger partial charge in [-0.25, -0.2) is 0 Å². The van der Waals surface area contributed by atoms with Crippen molar-refractivity contribution in [1.29, 1.82) is 0 Å². The fraction of sp³-hybridized carbons (Fsp3) is 0.600. The fourth-order valence-electron chi connectivity index (χ4n) is 2.82. The van der Waals surface area contributed by atoms with Crippen LogP contribution in [0, 0.1) is 6.92 Å². The molecule has 1 aliphatic heterocycles. The number of nitrogens with zero attached hydrogens (tertiary/aromatic N) is 1. The third-order valence-electron chi connectivity index (χ3n) is 3.75. The van der Waals surface area contributed by atoms with E-state index in [2.05, 4.69) is 36.2 Å². The number of benzene rings is 1. The number of aryl methyl sites for hydroxylation is 1. The Labute approximate surface area is 115 Å². The third-order valence-corrected chi connectivity index (χ3v) is 3.98. The maximum Gasteiger partial charge on any atom is 0.0408 e. The zero-order chi connectivity index (χ0) is 13.0. The molecule has 3 heteroatoms. The molecule has 0 saturated carbocycles. The second kappa shape index (κ2) is 6.55. The SMILES string of the molecule is CCC[C@H](c1ccc(Cl)cc1C)N1CCNCC1. The molecule has 2 rings (SSSR count). The Hall–Kier alpha value is -0.570. The summed E-state index contributed by atoms with van der Waals surface area (Å²) in [5, 5.41) is 4.26. The molecule has 1 aliphatic rings. The Morgan fingerprint density at radius 1 is 1.33 bits per heavy atom. The Kier molecular flexibility index (Phi) is 5.04. The monoisotopic (exact) mass is 266 g/mol. The van der Waals surface area contributed by atoms with Crippen LogP contribution in [-0.2, 0) is 0 Å². The topological polar surface area (TPSA) is 15.3 Å². The summed E-state index contributed by atoms with van der Waals surface area (Å²) >= 11 is 6.06. The smallest absolute Gasteiger partial charge is 0.0408 e. The van der Waals surface area contributed by atoms with Gasteiger partial charge in [0.2, 0.25) is 0 Å². The minimum absolute atomic E-state index is 0.550. The van der Waals surface area contributed by atoms with Gasteiger partial charge in [-0.05, 0) is 36.6 Å². The largest absolute Gasteiger partial charge is 0.314 e. The van der Waals surface area contributed by atoms with Crippen molar-refractivity contribution in [2.75, 3.05) is 26.2 Å². The Bertz CT molecular complexity index is 386. The average molecular weight is 267 g/mol. The molecule has 0 bridgehead atoms. The predicted molar refractivity (Wildman–Crippen MR) is 78.3 cm³/mol. The third kappa shape index (κ3) is 3.25. The molecular formula is C15H23ClN2. The van der Waals surface area contributed by atoms with Gasteiger partial charge in [0.1, 0.15) is 0 Å². The van der Waals surface area contributed by atoms with E-state index in [1.807, 2.05) is 6.07 Å². The van der Waals surface area contributed by atoms with Gasteiger partial charge in [0.05, 0.1) is 0 Å². The van der Waals surface area contributed by atoms with Crippen molar-refractivity contribution in [3.05, 3.63) is 34.3 Å². The molecule has 1 atom stereocenters. The van der Waals surface area contributed by atoms with Crippen molar-refractivity contribution in [2.45, 2.75) is 32.7 Å². The van der Waals surface area contributed by atoms with E-state index < -0.39 is 0 Å². The maximum atomic E-state index is 6.06.